The van der Waals surface area contributed by atoms with E-state index in [1.165, 1.54) is 0 Å². The number of nitrogens with two attached hydrogens (primary N) is 1. The molecule has 2 N–H and O–H groups in total. The number of nitrogens with zero attached hydrogens (tertiary/aromatic N) is 1. The van der Waals surface area contributed by atoms with Crippen LogP contribution in [0.5, 0.6) is 11.6 Å². The second-order valence-corrected chi connectivity index (χ2v) is 5.74. The van der Waals surface area contributed by atoms with E-state index in [4.69, 9.17) is 22.1 Å². The molecule has 0 fully saturated rings. The second kappa shape index (κ2) is 6.02. The van der Waals surface area contributed by atoms with Crippen LogP contribution in [0.25, 0.3) is 10.8 Å². The molecule has 0 saturated carbocycles. The van der Waals surface area contributed by atoms with Crippen LogP contribution in [0.4, 0.5) is 0 Å². The van der Waals surface area contributed by atoms with Gasteiger partial charge in [-0.2, -0.15) is 0 Å². The molecule has 5 heteroatoms. The van der Waals surface area contributed by atoms with Crippen molar-refractivity contribution in [3.8, 4) is 11.6 Å². The molecule has 0 aliphatic rings. The fraction of sp³-hybridized carbons (Fsp3) is 0.0625. The zero-order valence-electron chi connectivity index (χ0n) is 11.0. The number of halogens is 2. The van der Waals surface area contributed by atoms with Gasteiger partial charge in [-0.25, -0.2) is 4.98 Å². The quantitative estimate of drug-likeness (QED) is 0.720. The van der Waals surface area contributed by atoms with Gasteiger partial charge in [0.05, 0.1) is 0 Å². The maximum absolute atomic E-state index is 6.15. The van der Waals surface area contributed by atoms with Gasteiger partial charge in [0.2, 0.25) is 5.88 Å². The lowest BCUT2D eigenvalue weighted by Gasteiger charge is -2.12. The third-order valence-electron chi connectivity index (χ3n) is 3.20. The highest BCUT2D eigenvalue weighted by Gasteiger charge is 2.11. The van der Waals surface area contributed by atoms with Crippen LogP contribution in [-0.2, 0) is 6.54 Å². The van der Waals surface area contributed by atoms with Gasteiger partial charge in [-0.3, -0.25) is 0 Å². The Balaban J connectivity index is 2.11. The van der Waals surface area contributed by atoms with Gasteiger partial charge in [0.25, 0.3) is 0 Å². The Morgan fingerprint density at radius 2 is 1.90 bits per heavy atom. The molecule has 0 aliphatic carbocycles. The normalized spacial score (nSPS) is 10.8. The number of aromatic nitrogens is 1. The van der Waals surface area contributed by atoms with Crippen molar-refractivity contribution < 1.29 is 4.74 Å². The summed E-state index contributed by atoms with van der Waals surface area (Å²) in [6, 6.07) is 13.3. The molecule has 2 aromatic carbocycles. The fourth-order valence-electron chi connectivity index (χ4n) is 2.16. The third kappa shape index (κ3) is 2.75. The van der Waals surface area contributed by atoms with Gasteiger partial charge >= 0.3 is 0 Å². The summed E-state index contributed by atoms with van der Waals surface area (Å²) >= 11 is 9.68. The molecule has 21 heavy (non-hydrogen) atoms. The van der Waals surface area contributed by atoms with E-state index < -0.39 is 0 Å². The minimum atomic E-state index is 0.309. The molecular formula is C16H12BrClN2O. The van der Waals surface area contributed by atoms with Crippen molar-refractivity contribution in [2.75, 3.05) is 0 Å². The number of rotatable bonds is 3. The molecule has 0 radical (unpaired) electrons. The van der Waals surface area contributed by atoms with Crippen LogP contribution in [0.15, 0.2) is 53.1 Å². The van der Waals surface area contributed by atoms with Crippen molar-refractivity contribution in [2.24, 2.45) is 5.73 Å². The molecule has 3 nitrogen and oxygen atoms in total. The van der Waals surface area contributed by atoms with E-state index in [2.05, 4.69) is 20.9 Å². The molecule has 0 spiro atoms. The number of ether oxygens (including phenoxy) is 1. The molecule has 0 unspecified atom stereocenters. The summed E-state index contributed by atoms with van der Waals surface area (Å²) in [6.07, 6.45) is 1.72. The van der Waals surface area contributed by atoms with E-state index in [0.717, 1.165) is 20.8 Å². The summed E-state index contributed by atoms with van der Waals surface area (Å²) < 4.78 is 6.95. The largest absolute Gasteiger partial charge is 0.438 e. The SMILES string of the molecule is NCc1c(Cl)cccc1Oc1nccc2c(Br)cccc12. The minimum absolute atomic E-state index is 0.309. The van der Waals surface area contributed by atoms with Crippen molar-refractivity contribution in [1.29, 1.82) is 0 Å². The van der Waals surface area contributed by atoms with Crippen molar-refractivity contribution in [1.82, 2.24) is 4.98 Å². The molecule has 0 bridgehead atoms. The van der Waals surface area contributed by atoms with Crippen LogP contribution in [0.2, 0.25) is 5.02 Å². The van der Waals surface area contributed by atoms with E-state index in [9.17, 15) is 0 Å². The number of pyridine rings is 1. The predicted octanol–water partition coefficient (Wildman–Crippen LogP) is 4.90. The van der Waals surface area contributed by atoms with Crippen molar-refractivity contribution in [3.63, 3.8) is 0 Å². The van der Waals surface area contributed by atoms with E-state index in [1.54, 1.807) is 12.3 Å². The molecule has 1 heterocycles. The predicted molar refractivity (Wildman–Crippen MR) is 88.9 cm³/mol. The van der Waals surface area contributed by atoms with E-state index in [1.807, 2.05) is 36.4 Å². The number of hydrogen-bond donors (Lipinski definition) is 1. The molecule has 0 saturated heterocycles. The van der Waals surface area contributed by atoms with E-state index >= 15 is 0 Å². The van der Waals surface area contributed by atoms with Crippen molar-refractivity contribution >= 4 is 38.3 Å². The highest BCUT2D eigenvalue weighted by atomic mass is 79.9. The van der Waals surface area contributed by atoms with Gasteiger partial charge in [0.15, 0.2) is 0 Å². The Morgan fingerprint density at radius 1 is 1.10 bits per heavy atom. The Kier molecular flexibility index (Phi) is 4.10. The highest BCUT2D eigenvalue weighted by Crippen LogP contribution is 2.34. The molecule has 0 aliphatic heterocycles. The molecule has 0 amide bonds. The number of benzene rings is 2. The lowest BCUT2D eigenvalue weighted by atomic mass is 10.1. The van der Waals surface area contributed by atoms with Crippen LogP contribution in [0.3, 0.4) is 0 Å². The summed E-state index contributed by atoms with van der Waals surface area (Å²) in [6.45, 7) is 0.309. The van der Waals surface area contributed by atoms with Crippen molar-refractivity contribution in [3.05, 3.63) is 63.7 Å². The summed E-state index contributed by atoms with van der Waals surface area (Å²) in [5.74, 6) is 1.16. The lowest BCUT2D eigenvalue weighted by molar-refractivity contribution is 0.463. The summed E-state index contributed by atoms with van der Waals surface area (Å²) in [5.41, 5.74) is 6.52. The van der Waals surface area contributed by atoms with E-state index in [0.29, 0.717) is 23.2 Å². The smallest absolute Gasteiger partial charge is 0.227 e. The van der Waals surface area contributed by atoms with Crippen LogP contribution in [0, 0.1) is 0 Å². The first-order chi connectivity index (χ1) is 10.2. The first-order valence-corrected chi connectivity index (χ1v) is 7.56. The van der Waals surface area contributed by atoms with Crippen LogP contribution in [-0.4, -0.2) is 4.98 Å². The van der Waals surface area contributed by atoms with E-state index in [-0.39, 0.29) is 0 Å². The summed E-state index contributed by atoms with van der Waals surface area (Å²) in [7, 11) is 0. The van der Waals surface area contributed by atoms with Gasteiger partial charge in [-0.05, 0) is 30.3 Å². The maximum Gasteiger partial charge on any atom is 0.227 e. The zero-order valence-corrected chi connectivity index (χ0v) is 13.4. The fourth-order valence-corrected chi connectivity index (χ4v) is 2.90. The third-order valence-corrected chi connectivity index (χ3v) is 4.25. The minimum Gasteiger partial charge on any atom is -0.438 e. The highest BCUT2D eigenvalue weighted by molar-refractivity contribution is 9.10. The van der Waals surface area contributed by atoms with Gasteiger partial charge in [0.1, 0.15) is 5.75 Å². The average molecular weight is 364 g/mol. The molecule has 1 aromatic heterocycles. The molecule has 106 valence electrons. The van der Waals surface area contributed by atoms with Crippen LogP contribution >= 0.6 is 27.5 Å². The monoisotopic (exact) mass is 362 g/mol. The maximum atomic E-state index is 6.15. The first-order valence-electron chi connectivity index (χ1n) is 6.39. The summed E-state index contributed by atoms with van der Waals surface area (Å²) in [5, 5.41) is 2.56. The summed E-state index contributed by atoms with van der Waals surface area (Å²) in [4.78, 5) is 4.32. The second-order valence-electron chi connectivity index (χ2n) is 4.47. The lowest BCUT2D eigenvalue weighted by Crippen LogP contribution is -2.01. The topological polar surface area (TPSA) is 48.1 Å². The average Bonchev–Trinajstić information content (AvgIpc) is 2.49. The van der Waals surface area contributed by atoms with Gasteiger partial charge in [0, 0.05) is 38.6 Å². The van der Waals surface area contributed by atoms with Crippen molar-refractivity contribution in [2.45, 2.75) is 6.54 Å². The first kappa shape index (κ1) is 14.3. The van der Waals surface area contributed by atoms with Crippen LogP contribution in [0.1, 0.15) is 5.56 Å². The zero-order chi connectivity index (χ0) is 14.8. The van der Waals surface area contributed by atoms with Gasteiger partial charge < -0.3 is 10.5 Å². The number of hydrogen-bond acceptors (Lipinski definition) is 3. The molecule has 0 atom stereocenters. The van der Waals surface area contributed by atoms with Crippen LogP contribution < -0.4 is 10.5 Å². The Hall–Kier alpha value is -1.62. The number of fused-ring (bicyclic) bond motifs is 1. The van der Waals surface area contributed by atoms with Gasteiger partial charge in [-0.15, -0.1) is 0 Å². The molecular weight excluding hydrogens is 352 g/mol. The molecule has 3 rings (SSSR count). The molecule has 3 aromatic rings. The Morgan fingerprint density at radius 3 is 2.71 bits per heavy atom. The Labute approximate surface area is 135 Å². The standard InChI is InChI=1S/C16H12BrClN2O/c17-13-4-1-3-11-10(13)7-8-20-16(11)21-15-6-2-5-14(18)12(15)9-19/h1-8H,9,19H2. The Bertz CT molecular complexity index is 807. The van der Waals surface area contributed by atoms with Gasteiger partial charge in [-0.1, -0.05) is 39.7 Å².